The smallest absolute Gasteiger partial charge is 0.295 e. The van der Waals surface area contributed by atoms with Gasteiger partial charge in [-0.15, -0.1) is 0 Å². The second-order valence-electron chi connectivity index (χ2n) is 8.49. The number of aliphatic hydroxyl groups is 1. The van der Waals surface area contributed by atoms with Crippen LogP contribution in [0.3, 0.4) is 0 Å². The van der Waals surface area contributed by atoms with Crippen LogP contribution in [-0.4, -0.2) is 87.3 Å². The van der Waals surface area contributed by atoms with Gasteiger partial charge in [-0.2, -0.15) is 0 Å². The number of aromatic hydroxyl groups is 1. The molecule has 1 aliphatic rings. The molecule has 0 radical (unpaired) electrons. The summed E-state index contributed by atoms with van der Waals surface area (Å²) in [6, 6.07) is 6.60. The Morgan fingerprint density at radius 2 is 1.61 bits per heavy atom. The molecule has 1 fully saturated rings. The molecule has 194 valence electrons. The summed E-state index contributed by atoms with van der Waals surface area (Å²) in [4.78, 5) is 29.8. The standard InChI is InChI=1S/C26H32N2O8/c1-27(2)10-7-11-28-22(15-12-19(34-4)25(36-6)20(13-15)35-5)21(24(31)26(28)32)23(30)17-9-8-16(33-3)14-18(17)29/h8-9,12-14,22,29-30H,7,10-11H2,1-6H3. The van der Waals surface area contributed by atoms with Crippen molar-refractivity contribution < 1.29 is 38.7 Å². The van der Waals surface area contributed by atoms with Crippen LogP contribution >= 0.6 is 0 Å². The van der Waals surface area contributed by atoms with Crippen molar-refractivity contribution >= 4 is 17.4 Å². The Labute approximate surface area is 210 Å². The SMILES string of the molecule is COc1ccc(C(O)=C2C(=O)C(=O)N(CCCN(C)C)C2c2cc(OC)c(OC)c(OC)c2)c(O)c1. The molecule has 10 nitrogen and oxygen atoms in total. The number of likely N-dealkylation sites (tertiary alicyclic amines) is 1. The average Bonchev–Trinajstić information content (AvgIpc) is 3.12. The summed E-state index contributed by atoms with van der Waals surface area (Å²) in [5.74, 6) is -1.02. The van der Waals surface area contributed by atoms with Crippen molar-refractivity contribution in [2.24, 2.45) is 0 Å². The van der Waals surface area contributed by atoms with Gasteiger partial charge in [-0.3, -0.25) is 9.59 Å². The van der Waals surface area contributed by atoms with Gasteiger partial charge in [0.2, 0.25) is 5.75 Å². The zero-order chi connectivity index (χ0) is 26.6. The molecule has 1 atom stereocenters. The lowest BCUT2D eigenvalue weighted by atomic mass is 9.94. The number of amides is 1. The summed E-state index contributed by atoms with van der Waals surface area (Å²) in [7, 11) is 9.67. The minimum atomic E-state index is -0.956. The van der Waals surface area contributed by atoms with E-state index in [1.165, 1.54) is 51.5 Å². The van der Waals surface area contributed by atoms with Gasteiger partial charge in [0.1, 0.15) is 17.3 Å². The Balaban J connectivity index is 2.24. The minimum Gasteiger partial charge on any atom is -0.507 e. The number of rotatable bonds is 10. The Hall–Kier alpha value is -3.92. The number of carbonyl (C=O) groups excluding carboxylic acids is 2. The monoisotopic (exact) mass is 500 g/mol. The van der Waals surface area contributed by atoms with Gasteiger partial charge in [0, 0.05) is 12.6 Å². The van der Waals surface area contributed by atoms with Crippen LogP contribution in [0.25, 0.3) is 5.76 Å². The molecule has 2 aromatic carbocycles. The maximum Gasteiger partial charge on any atom is 0.295 e. The maximum absolute atomic E-state index is 13.3. The first-order chi connectivity index (χ1) is 17.2. The highest BCUT2D eigenvalue weighted by Gasteiger charge is 2.46. The second-order valence-corrected chi connectivity index (χ2v) is 8.49. The molecule has 3 rings (SSSR count). The van der Waals surface area contributed by atoms with Crippen molar-refractivity contribution in [1.29, 1.82) is 0 Å². The number of phenols is 1. The normalized spacial score (nSPS) is 17.0. The predicted octanol–water partition coefficient (Wildman–Crippen LogP) is 2.80. The lowest BCUT2D eigenvalue weighted by Gasteiger charge is -2.27. The van der Waals surface area contributed by atoms with E-state index in [2.05, 4.69) is 0 Å². The number of Topliss-reactive ketones (excluding diaryl/α,β-unsaturated/α-hetero) is 1. The third kappa shape index (κ3) is 5.03. The van der Waals surface area contributed by atoms with Crippen LogP contribution in [0.4, 0.5) is 0 Å². The van der Waals surface area contributed by atoms with E-state index >= 15 is 0 Å². The van der Waals surface area contributed by atoms with Gasteiger partial charge in [0.15, 0.2) is 11.5 Å². The van der Waals surface area contributed by atoms with Gasteiger partial charge < -0.3 is 39.0 Å². The van der Waals surface area contributed by atoms with E-state index in [9.17, 15) is 19.8 Å². The van der Waals surface area contributed by atoms with E-state index in [-0.39, 0.29) is 23.4 Å². The fraction of sp³-hybridized carbons (Fsp3) is 0.385. The molecular formula is C26H32N2O8. The Morgan fingerprint density at radius 3 is 2.11 bits per heavy atom. The van der Waals surface area contributed by atoms with E-state index in [1.54, 1.807) is 12.1 Å². The second kappa shape index (κ2) is 11.2. The summed E-state index contributed by atoms with van der Waals surface area (Å²) in [6.45, 7) is 0.944. The molecule has 1 heterocycles. The molecule has 1 unspecified atom stereocenters. The van der Waals surface area contributed by atoms with Crippen molar-refractivity contribution in [3.05, 3.63) is 47.0 Å². The van der Waals surface area contributed by atoms with Crippen molar-refractivity contribution in [3.63, 3.8) is 0 Å². The van der Waals surface area contributed by atoms with Crippen molar-refractivity contribution in [3.8, 4) is 28.7 Å². The van der Waals surface area contributed by atoms with Crippen LogP contribution in [-0.2, 0) is 9.59 Å². The highest BCUT2D eigenvalue weighted by Crippen LogP contribution is 2.46. The topological polar surface area (TPSA) is 118 Å². The number of hydrogen-bond acceptors (Lipinski definition) is 9. The molecule has 2 N–H and O–H groups in total. The molecular weight excluding hydrogens is 468 g/mol. The summed E-state index contributed by atoms with van der Waals surface area (Å²) in [6.07, 6.45) is 0.592. The first-order valence-corrected chi connectivity index (χ1v) is 11.3. The van der Waals surface area contributed by atoms with Crippen LogP contribution in [0.5, 0.6) is 28.7 Å². The molecule has 0 spiro atoms. The molecule has 2 aromatic rings. The summed E-state index contributed by atoms with van der Waals surface area (Å²) in [5.41, 5.74) is 0.322. The lowest BCUT2D eigenvalue weighted by Crippen LogP contribution is -2.32. The summed E-state index contributed by atoms with van der Waals surface area (Å²) in [5, 5.41) is 21.8. The third-order valence-electron chi connectivity index (χ3n) is 6.01. The average molecular weight is 501 g/mol. The van der Waals surface area contributed by atoms with Gasteiger partial charge in [-0.05, 0) is 56.9 Å². The molecule has 0 aromatic heterocycles. The predicted molar refractivity (Wildman–Crippen MR) is 133 cm³/mol. The molecule has 0 saturated carbocycles. The fourth-order valence-electron chi connectivity index (χ4n) is 4.26. The van der Waals surface area contributed by atoms with Crippen LogP contribution < -0.4 is 18.9 Å². The number of methoxy groups -OCH3 is 4. The number of aliphatic hydroxyl groups excluding tert-OH is 1. The number of ketones is 1. The summed E-state index contributed by atoms with van der Waals surface area (Å²) >= 11 is 0. The highest BCUT2D eigenvalue weighted by molar-refractivity contribution is 6.46. The van der Waals surface area contributed by atoms with Gasteiger partial charge >= 0.3 is 0 Å². The van der Waals surface area contributed by atoms with E-state index in [4.69, 9.17) is 18.9 Å². The van der Waals surface area contributed by atoms with Gasteiger partial charge in [0.25, 0.3) is 11.7 Å². The lowest BCUT2D eigenvalue weighted by molar-refractivity contribution is -0.139. The van der Waals surface area contributed by atoms with Crippen LogP contribution in [0.15, 0.2) is 35.9 Å². The molecule has 1 amide bonds. The van der Waals surface area contributed by atoms with Crippen LogP contribution in [0, 0.1) is 0 Å². The quantitative estimate of drug-likeness (QED) is 0.288. The number of benzene rings is 2. The van der Waals surface area contributed by atoms with Gasteiger partial charge in [0.05, 0.1) is 45.6 Å². The Kier molecular flexibility index (Phi) is 8.31. The van der Waals surface area contributed by atoms with Crippen LogP contribution in [0.1, 0.15) is 23.6 Å². The van der Waals surface area contributed by atoms with E-state index in [1.807, 2.05) is 19.0 Å². The first kappa shape index (κ1) is 26.7. The van der Waals surface area contributed by atoms with Crippen molar-refractivity contribution in [2.75, 3.05) is 55.6 Å². The zero-order valence-electron chi connectivity index (χ0n) is 21.3. The van der Waals surface area contributed by atoms with E-state index in [0.29, 0.717) is 41.5 Å². The molecule has 1 aliphatic heterocycles. The molecule has 10 heteroatoms. The minimum absolute atomic E-state index is 0.000432. The Morgan fingerprint density at radius 1 is 0.972 bits per heavy atom. The summed E-state index contributed by atoms with van der Waals surface area (Å²) < 4.78 is 21.5. The number of phenolic OH excluding ortho intramolecular Hbond substituents is 1. The van der Waals surface area contributed by atoms with Gasteiger partial charge in [-0.1, -0.05) is 0 Å². The fourth-order valence-corrected chi connectivity index (χ4v) is 4.26. The van der Waals surface area contributed by atoms with Crippen molar-refractivity contribution in [1.82, 2.24) is 9.80 Å². The maximum atomic E-state index is 13.3. The zero-order valence-corrected chi connectivity index (χ0v) is 21.3. The van der Waals surface area contributed by atoms with E-state index < -0.39 is 23.5 Å². The molecule has 36 heavy (non-hydrogen) atoms. The number of ether oxygens (including phenoxy) is 4. The largest absolute Gasteiger partial charge is 0.507 e. The highest BCUT2D eigenvalue weighted by atomic mass is 16.5. The van der Waals surface area contributed by atoms with E-state index in [0.717, 1.165) is 0 Å². The van der Waals surface area contributed by atoms with Gasteiger partial charge in [-0.25, -0.2) is 0 Å². The number of nitrogens with zero attached hydrogens (tertiary/aromatic N) is 2. The Bertz CT molecular complexity index is 1150. The molecule has 0 aliphatic carbocycles. The molecule has 1 saturated heterocycles. The molecule has 0 bridgehead atoms. The third-order valence-corrected chi connectivity index (χ3v) is 6.01. The number of hydrogen-bond donors (Lipinski definition) is 2. The first-order valence-electron chi connectivity index (χ1n) is 11.3. The van der Waals surface area contributed by atoms with Crippen molar-refractivity contribution in [2.45, 2.75) is 12.5 Å². The van der Waals surface area contributed by atoms with Crippen LogP contribution in [0.2, 0.25) is 0 Å². The number of carbonyl (C=O) groups is 2.